The lowest BCUT2D eigenvalue weighted by atomic mass is 9.93. The Morgan fingerprint density at radius 1 is 1.00 bits per heavy atom. The van der Waals surface area contributed by atoms with Gasteiger partial charge < -0.3 is 24.8 Å². The van der Waals surface area contributed by atoms with Crippen LogP contribution in [0.25, 0.3) is 33.2 Å². The summed E-state index contributed by atoms with van der Waals surface area (Å²) in [6, 6.07) is 14.3. The van der Waals surface area contributed by atoms with Crippen molar-refractivity contribution in [1.29, 1.82) is 0 Å². The average Bonchev–Trinajstić information content (AvgIpc) is 3.23. The summed E-state index contributed by atoms with van der Waals surface area (Å²) in [7, 11) is 2.05. The third-order valence-corrected chi connectivity index (χ3v) is 6.86. The Balaban J connectivity index is 1.37. The van der Waals surface area contributed by atoms with Gasteiger partial charge in [-0.15, -0.1) is 0 Å². The molecule has 0 spiro atoms. The molecule has 1 saturated carbocycles. The van der Waals surface area contributed by atoms with Crippen LogP contribution in [0.3, 0.4) is 0 Å². The molecule has 2 amide bonds. The topological polar surface area (TPSA) is 84.3 Å². The zero-order valence-electron chi connectivity index (χ0n) is 19.3. The van der Waals surface area contributed by atoms with Crippen LogP contribution in [-0.2, 0) is 11.8 Å². The van der Waals surface area contributed by atoms with Crippen molar-refractivity contribution >= 4 is 39.3 Å². The molecular weight excluding hydrogens is 428 g/mol. The molecule has 0 radical (unpaired) electrons. The molecular formula is C26H28N6O2. The lowest BCUT2D eigenvalue weighted by Gasteiger charge is -2.29. The number of urea groups is 1. The first kappa shape index (κ1) is 20.9. The Labute approximate surface area is 197 Å². The number of rotatable bonds is 4. The van der Waals surface area contributed by atoms with Crippen LogP contribution in [-0.4, -0.2) is 52.9 Å². The fraction of sp³-hybridized carbons (Fsp3) is 0.346. The van der Waals surface area contributed by atoms with Crippen LogP contribution >= 0.6 is 0 Å². The van der Waals surface area contributed by atoms with Gasteiger partial charge >= 0.3 is 6.03 Å². The maximum Gasteiger partial charge on any atom is 0.319 e. The molecule has 2 N–H and O–H groups in total. The Morgan fingerprint density at radius 2 is 1.79 bits per heavy atom. The summed E-state index contributed by atoms with van der Waals surface area (Å²) in [5.74, 6) is 1.62. The summed E-state index contributed by atoms with van der Waals surface area (Å²) in [5.41, 5.74) is 3.75. The minimum absolute atomic E-state index is 0.152. The Bertz CT molecular complexity index is 1350. The van der Waals surface area contributed by atoms with Gasteiger partial charge in [0.15, 0.2) is 5.82 Å². The molecule has 1 saturated heterocycles. The number of fused-ring (bicyclic) bond motifs is 3. The smallest absolute Gasteiger partial charge is 0.319 e. The summed E-state index contributed by atoms with van der Waals surface area (Å²) in [4.78, 5) is 24.5. The Morgan fingerprint density at radius 3 is 2.53 bits per heavy atom. The number of amides is 2. The molecule has 6 rings (SSSR count). The van der Waals surface area contributed by atoms with E-state index < -0.39 is 0 Å². The Kier molecular flexibility index (Phi) is 5.30. The van der Waals surface area contributed by atoms with E-state index in [9.17, 15) is 4.79 Å². The summed E-state index contributed by atoms with van der Waals surface area (Å²) in [6.07, 6.45) is 5.38. The minimum Gasteiger partial charge on any atom is -0.378 e. The minimum atomic E-state index is -0.152. The largest absolute Gasteiger partial charge is 0.378 e. The summed E-state index contributed by atoms with van der Waals surface area (Å²) in [6.45, 7) is 2.99. The van der Waals surface area contributed by atoms with Crippen LogP contribution in [0.5, 0.6) is 0 Å². The van der Waals surface area contributed by atoms with Crippen molar-refractivity contribution in [2.24, 2.45) is 7.05 Å². The molecule has 1 aliphatic carbocycles. The van der Waals surface area contributed by atoms with Crippen molar-refractivity contribution < 1.29 is 9.53 Å². The van der Waals surface area contributed by atoms with E-state index >= 15 is 0 Å². The molecule has 0 unspecified atom stereocenters. The van der Waals surface area contributed by atoms with Gasteiger partial charge in [0.1, 0.15) is 5.82 Å². The molecule has 2 aliphatic rings. The van der Waals surface area contributed by atoms with Gasteiger partial charge in [0.25, 0.3) is 0 Å². The molecule has 8 nitrogen and oxygen atoms in total. The first-order valence-electron chi connectivity index (χ1n) is 11.9. The summed E-state index contributed by atoms with van der Waals surface area (Å²) < 4.78 is 7.68. The fourth-order valence-electron chi connectivity index (χ4n) is 4.68. The number of nitrogens with zero attached hydrogens (tertiary/aromatic N) is 4. The molecule has 2 fully saturated rings. The van der Waals surface area contributed by atoms with E-state index in [1.165, 1.54) is 6.42 Å². The predicted molar refractivity (Wildman–Crippen MR) is 134 cm³/mol. The summed E-state index contributed by atoms with van der Waals surface area (Å²) >= 11 is 0. The zero-order chi connectivity index (χ0) is 23.1. The quantitative estimate of drug-likeness (QED) is 0.478. The maximum absolute atomic E-state index is 12.2. The number of aromatic nitrogens is 3. The van der Waals surface area contributed by atoms with Gasteiger partial charge in [-0.1, -0.05) is 0 Å². The average molecular weight is 457 g/mol. The maximum atomic E-state index is 12.2. The third-order valence-electron chi connectivity index (χ3n) is 6.86. The van der Waals surface area contributed by atoms with E-state index in [1.54, 1.807) is 0 Å². The molecule has 8 heteroatoms. The van der Waals surface area contributed by atoms with Gasteiger partial charge in [-0.25, -0.2) is 14.8 Å². The zero-order valence-corrected chi connectivity index (χ0v) is 19.3. The molecule has 2 aromatic carbocycles. The van der Waals surface area contributed by atoms with Crippen molar-refractivity contribution in [1.82, 2.24) is 19.9 Å². The highest BCUT2D eigenvalue weighted by Crippen LogP contribution is 2.33. The molecule has 1 aliphatic heterocycles. The van der Waals surface area contributed by atoms with Crippen molar-refractivity contribution in [3.05, 3.63) is 48.7 Å². The van der Waals surface area contributed by atoms with E-state index in [0.717, 1.165) is 64.8 Å². The molecule has 0 bridgehead atoms. The van der Waals surface area contributed by atoms with Gasteiger partial charge in [0.05, 0.1) is 18.7 Å². The van der Waals surface area contributed by atoms with E-state index in [1.807, 2.05) is 31.3 Å². The van der Waals surface area contributed by atoms with Gasteiger partial charge in [0, 0.05) is 59.9 Å². The number of ether oxygens (including phenoxy) is 1. The van der Waals surface area contributed by atoms with Gasteiger partial charge in [-0.2, -0.15) is 0 Å². The van der Waals surface area contributed by atoms with Crippen LogP contribution < -0.4 is 15.5 Å². The second-order valence-corrected chi connectivity index (χ2v) is 9.10. The van der Waals surface area contributed by atoms with Crippen LogP contribution in [0.4, 0.5) is 16.3 Å². The molecule has 3 heterocycles. The van der Waals surface area contributed by atoms with E-state index in [0.29, 0.717) is 25.1 Å². The Hall–Kier alpha value is -3.65. The van der Waals surface area contributed by atoms with Crippen LogP contribution in [0.15, 0.2) is 48.7 Å². The predicted octanol–water partition coefficient (Wildman–Crippen LogP) is 4.30. The van der Waals surface area contributed by atoms with Gasteiger partial charge in [0.2, 0.25) is 0 Å². The molecule has 2 aromatic heterocycles. The SMILES string of the molecule is Cn1ccc2c3nc(-c4ccc(NC(=O)NC5CCC5)cc4)nc(N4CCOCC4)c3ccc21. The molecule has 0 atom stereocenters. The van der Waals surface area contributed by atoms with Gasteiger partial charge in [-0.05, 0) is 61.7 Å². The number of benzene rings is 2. The van der Waals surface area contributed by atoms with Gasteiger partial charge in [-0.3, -0.25) is 0 Å². The number of hydrogen-bond donors (Lipinski definition) is 2. The number of hydrogen-bond acceptors (Lipinski definition) is 5. The fourth-order valence-corrected chi connectivity index (χ4v) is 4.68. The van der Waals surface area contributed by atoms with Crippen molar-refractivity contribution in [3.63, 3.8) is 0 Å². The highest BCUT2D eigenvalue weighted by Gasteiger charge is 2.21. The lowest BCUT2D eigenvalue weighted by Crippen LogP contribution is -2.41. The van der Waals surface area contributed by atoms with Crippen molar-refractivity contribution in [2.45, 2.75) is 25.3 Å². The van der Waals surface area contributed by atoms with Crippen molar-refractivity contribution in [3.8, 4) is 11.4 Å². The highest BCUT2D eigenvalue weighted by molar-refractivity contribution is 6.08. The standard InChI is InChI=1S/C26H28N6O2/c1-31-12-11-20-22(31)10-9-21-23(20)29-24(30-25(21)32-13-15-34-16-14-32)17-5-7-19(8-6-17)28-26(33)27-18-3-2-4-18/h5-12,18H,2-4,13-16H2,1H3,(H2,27,28,33). The third kappa shape index (κ3) is 3.84. The number of morpholine rings is 1. The highest BCUT2D eigenvalue weighted by atomic mass is 16.5. The number of carbonyl (C=O) groups is 1. The van der Waals surface area contributed by atoms with E-state index in [4.69, 9.17) is 14.7 Å². The first-order chi connectivity index (χ1) is 16.7. The second-order valence-electron chi connectivity index (χ2n) is 9.10. The molecule has 34 heavy (non-hydrogen) atoms. The normalized spacial score (nSPS) is 16.6. The molecule has 4 aromatic rings. The molecule has 174 valence electrons. The first-order valence-corrected chi connectivity index (χ1v) is 11.9. The van der Waals surface area contributed by atoms with E-state index in [-0.39, 0.29) is 6.03 Å². The van der Waals surface area contributed by atoms with Crippen LogP contribution in [0.2, 0.25) is 0 Å². The van der Waals surface area contributed by atoms with E-state index in [2.05, 4.69) is 44.5 Å². The number of anilines is 2. The second kappa shape index (κ2) is 8.61. The lowest BCUT2D eigenvalue weighted by molar-refractivity contribution is 0.122. The van der Waals surface area contributed by atoms with Crippen LogP contribution in [0, 0.1) is 0 Å². The monoisotopic (exact) mass is 456 g/mol. The number of aryl methyl sites for hydroxylation is 1. The van der Waals surface area contributed by atoms with Crippen LogP contribution in [0.1, 0.15) is 19.3 Å². The summed E-state index contributed by atoms with van der Waals surface area (Å²) in [5, 5.41) is 8.09. The number of nitrogens with one attached hydrogen (secondary N) is 2. The van der Waals surface area contributed by atoms with Crippen molar-refractivity contribution in [2.75, 3.05) is 36.5 Å². The number of carbonyl (C=O) groups excluding carboxylic acids is 1.